The smallest absolute Gasteiger partial charge is 0.310 e. The normalized spacial score (nSPS) is 11.2. The molecule has 6 nitrogen and oxygen atoms in total. The maximum absolute atomic E-state index is 12.4. The van der Waals surface area contributed by atoms with E-state index in [-0.39, 0.29) is 24.9 Å². The molecule has 0 radical (unpaired) electrons. The molecule has 0 saturated carbocycles. The quantitative estimate of drug-likeness (QED) is 0.377. The largest absolute Gasteiger partial charge is 0.464 e. The third-order valence-electron chi connectivity index (χ3n) is 4.96. The number of benzene rings is 3. The van der Waals surface area contributed by atoms with Crippen LogP contribution in [0.5, 0.6) is 0 Å². The van der Waals surface area contributed by atoms with Crippen LogP contribution in [0.15, 0.2) is 75.8 Å². The zero-order valence-corrected chi connectivity index (χ0v) is 16.3. The fraction of sp³-hybridized carbons (Fsp3) is 0.125. The standard InChI is InChI=1S/C24H18N2O4/c1-15-5-4-7-17(11-15)24-26-25-21(30-24)14-29-22(27)12-18-13-28-20-10-9-16-6-2-3-8-19(16)23(18)20/h2-11,13H,12,14H2,1H3. The summed E-state index contributed by atoms with van der Waals surface area (Å²) in [5.74, 6) is 0.264. The third kappa shape index (κ3) is 3.43. The molecule has 0 amide bonds. The zero-order valence-electron chi connectivity index (χ0n) is 16.3. The van der Waals surface area contributed by atoms with Gasteiger partial charge in [0.25, 0.3) is 5.89 Å². The van der Waals surface area contributed by atoms with Gasteiger partial charge >= 0.3 is 5.97 Å². The highest BCUT2D eigenvalue weighted by atomic mass is 16.5. The van der Waals surface area contributed by atoms with E-state index in [0.29, 0.717) is 5.89 Å². The van der Waals surface area contributed by atoms with Gasteiger partial charge in [-0.25, -0.2) is 0 Å². The van der Waals surface area contributed by atoms with Crippen molar-refractivity contribution in [2.45, 2.75) is 20.0 Å². The number of hydrogen-bond acceptors (Lipinski definition) is 6. The molecule has 0 aliphatic heterocycles. The van der Waals surface area contributed by atoms with E-state index in [9.17, 15) is 4.79 Å². The number of ether oxygens (including phenoxy) is 1. The zero-order chi connectivity index (χ0) is 20.5. The summed E-state index contributed by atoms with van der Waals surface area (Å²) in [6.07, 6.45) is 1.71. The Morgan fingerprint density at radius 1 is 1.03 bits per heavy atom. The highest BCUT2D eigenvalue weighted by Crippen LogP contribution is 2.30. The van der Waals surface area contributed by atoms with Gasteiger partial charge in [-0.05, 0) is 35.9 Å². The lowest BCUT2D eigenvalue weighted by Gasteiger charge is -2.03. The predicted octanol–water partition coefficient (Wildman–Crippen LogP) is 5.23. The Morgan fingerprint density at radius 3 is 2.83 bits per heavy atom. The predicted molar refractivity (Wildman–Crippen MR) is 112 cm³/mol. The highest BCUT2D eigenvalue weighted by Gasteiger charge is 2.16. The SMILES string of the molecule is Cc1cccc(-c2nnc(COC(=O)Cc3coc4ccc5ccccc5c34)o2)c1. The van der Waals surface area contributed by atoms with Gasteiger partial charge in [0, 0.05) is 16.5 Å². The van der Waals surface area contributed by atoms with E-state index in [1.165, 1.54) is 0 Å². The monoisotopic (exact) mass is 398 g/mol. The van der Waals surface area contributed by atoms with Crippen molar-refractivity contribution in [2.24, 2.45) is 0 Å². The fourth-order valence-corrected chi connectivity index (χ4v) is 3.56. The molecule has 0 bridgehead atoms. The van der Waals surface area contributed by atoms with Gasteiger partial charge in [-0.2, -0.15) is 0 Å². The van der Waals surface area contributed by atoms with Gasteiger partial charge in [0.1, 0.15) is 5.58 Å². The minimum Gasteiger partial charge on any atom is -0.464 e. The maximum atomic E-state index is 12.4. The molecular weight excluding hydrogens is 380 g/mol. The van der Waals surface area contributed by atoms with Gasteiger partial charge in [-0.3, -0.25) is 4.79 Å². The number of rotatable bonds is 5. The second-order valence-corrected chi connectivity index (χ2v) is 7.13. The average molecular weight is 398 g/mol. The first-order chi connectivity index (χ1) is 14.7. The Balaban J connectivity index is 1.30. The highest BCUT2D eigenvalue weighted by molar-refractivity contribution is 6.08. The third-order valence-corrected chi connectivity index (χ3v) is 4.96. The van der Waals surface area contributed by atoms with E-state index in [2.05, 4.69) is 10.2 Å². The summed E-state index contributed by atoms with van der Waals surface area (Å²) >= 11 is 0. The van der Waals surface area contributed by atoms with Crippen molar-refractivity contribution in [2.75, 3.05) is 0 Å². The number of esters is 1. The molecule has 0 aliphatic carbocycles. The Morgan fingerprint density at radius 2 is 1.93 bits per heavy atom. The van der Waals surface area contributed by atoms with Gasteiger partial charge in [0.05, 0.1) is 12.7 Å². The number of nitrogens with zero attached hydrogens (tertiary/aromatic N) is 2. The molecule has 30 heavy (non-hydrogen) atoms. The number of furan rings is 1. The van der Waals surface area contributed by atoms with Crippen LogP contribution in [0.25, 0.3) is 33.2 Å². The van der Waals surface area contributed by atoms with Gasteiger partial charge in [-0.15, -0.1) is 10.2 Å². The fourth-order valence-electron chi connectivity index (χ4n) is 3.56. The molecule has 2 aromatic heterocycles. The van der Waals surface area contributed by atoms with Crippen molar-refractivity contribution in [3.8, 4) is 11.5 Å². The Kier molecular flexibility index (Phi) is 4.52. The molecule has 6 heteroatoms. The van der Waals surface area contributed by atoms with Gasteiger partial charge in [-0.1, -0.05) is 48.0 Å². The van der Waals surface area contributed by atoms with E-state index in [1.807, 2.05) is 67.6 Å². The lowest BCUT2D eigenvalue weighted by molar-refractivity contribution is -0.144. The molecule has 3 aromatic carbocycles. The second-order valence-electron chi connectivity index (χ2n) is 7.13. The van der Waals surface area contributed by atoms with Crippen LogP contribution in [0.2, 0.25) is 0 Å². The Bertz CT molecular complexity index is 1370. The number of carbonyl (C=O) groups excluding carboxylic acids is 1. The van der Waals surface area contributed by atoms with E-state index in [0.717, 1.165) is 38.4 Å². The van der Waals surface area contributed by atoms with Crippen LogP contribution in [0.4, 0.5) is 0 Å². The first kappa shape index (κ1) is 18.1. The maximum Gasteiger partial charge on any atom is 0.310 e. The summed E-state index contributed by atoms with van der Waals surface area (Å²) < 4.78 is 16.6. The number of fused-ring (bicyclic) bond motifs is 3. The molecule has 2 heterocycles. The van der Waals surface area contributed by atoms with Crippen LogP contribution < -0.4 is 0 Å². The molecule has 0 aliphatic rings. The number of hydrogen-bond donors (Lipinski definition) is 0. The summed E-state index contributed by atoms with van der Waals surface area (Å²) in [6, 6.07) is 19.7. The van der Waals surface area contributed by atoms with Crippen molar-refractivity contribution in [3.63, 3.8) is 0 Å². The minimum atomic E-state index is -0.388. The van der Waals surface area contributed by atoms with E-state index in [1.54, 1.807) is 6.26 Å². The molecule has 148 valence electrons. The topological polar surface area (TPSA) is 78.4 Å². The molecule has 5 aromatic rings. The number of aryl methyl sites for hydroxylation is 1. The molecule has 0 atom stereocenters. The van der Waals surface area contributed by atoms with Gasteiger partial charge < -0.3 is 13.6 Å². The molecule has 0 fully saturated rings. The summed E-state index contributed by atoms with van der Waals surface area (Å²) in [5.41, 5.74) is 3.46. The van der Waals surface area contributed by atoms with Crippen LogP contribution in [0.3, 0.4) is 0 Å². The van der Waals surface area contributed by atoms with Gasteiger partial charge in [0.15, 0.2) is 6.61 Å². The average Bonchev–Trinajstić information content (AvgIpc) is 3.40. The summed E-state index contributed by atoms with van der Waals surface area (Å²) in [6.45, 7) is 1.92. The summed E-state index contributed by atoms with van der Waals surface area (Å²) in [7, 11) is 0. The van der Waals surface area contributed by atoms with E-state index < -0.39 is 0 Å². The molecule has 5 rings (SSSR count). The Hall–Kier alpha value is -3.93. The first-order valence-corrected chi connectivity index (χ1v) is 9.60. The van der Waals surface area contributed by atoms with Crippen LogP contribution in [0, 0.1) is 6.92 Å². The Labute approximate surface area is 172 Å². The van der Waals surface area contributed by atoms with Gasteiger partial charge in [0.2, 0.25) is 5.89 Å². The summed E-state index contributed by atoms with van der Waals surface area (Å²) in [4.78, 5) is 12.4. The molecule has 0 saturated heterocycles. The van der Waals surface area contributed by atoms with Crippen molar-refractivity contribution < 1.29 is 18.4 Å². The van der Waals surface area contributed by atoms with Crippen LogP contribution in [-0.2, 0) is 22.6 Å². The van der Waals surface area contributed by atoms with Crippen LogP contribution in [0.1, 0.15) is 17.0 Å². The molecule has 0 N–H and O–H groups in total. The molecular formula is C24H18N2O4. The summed E-state index contributed by atoms with van der Waals surface area (Å²) in [5, 5.41) is 11.1. The van der Waals surface area contributed by atoms with Crippen molar-refractivity contribution in [3.05, 3.63) is 83.9 Å². The lowest BCUT2D eigenvalue weighted by atomic mass is 10.0. The van der Waals surface area contributed by atoms with E-state index in [4.69, 9.17) is 13.6 Å². The molecule has 0 unspecified atom stereocenters. The van der Waals surface area contributed by atoms with Crippen molar-refractivity contribution >= 4 is 27.7 Å². The molecule has 0 spiro atoms. The van der Waals surface area contributed by atoms with E-state index >= 15 is 0 Å². The van der Waals surface area contributed by atoms with Crippen molar-refractivity contribution in [1.29, 1.82) is 0 Å². The lowest BCUT2D eigenvalue weighted by Crippen LogP contribution is -2.08. The first-order valence-electron chi connectivity index (χ1n) is 9.60. The van der Waals surface area contributed by atoms with Crippen molar-refractivity contribution in [1.82, 2.24) is 10.2 Å². The van der Waals surface area contributed by atoms with Crippen LogP contribution >= 0.6 is 0 Å². The second kappa shape index (κ2) is 7.48. The number of aromatic nitrogens is 2. The number of carbonyl (C=O) groups is 1. The minimum absolute atomic E-state index is 0.0752. The van der Waals surface area contributed by atoms with Crippen LogP contribution in [-0.4, -0.2) is 16.2 Å².